The Morgan fingerprint density at radius 3 is 1.86 bits per heavy atom. The van der Waals surface area contributed by atoms with E-state index >= 15 is 0 Å². The summed E-state index contributed by atoms with van der Waals surface area (Å²) in [5, 5.41) is 1.31. The molecule has 0 aliphatic carbocycles. The maximum Gasteiger partial charge on any atom is 0.184 e. The van der Waals surface area contributed by atoms with Gasteiger partial charge in [0.2, 0.25) is 0 Å². The predicted octanol–water partition coefficient (Wildman–Crippen LogP) is 6.98. The maximum absolute atomic E-state index is 12.4. The van der Waals surface area contributed by atoms with Gasteiger partial charge < -0.3 is 0 Å². The second-order valence-electron chi connectivity index (χ2n) is 6.67. The van der Waals surface area contributed by atoms with E-state index in [1.54, 1.807) is 24.3 Å². The van der Waals surface area contributed by atoms with Crippen LogP contribution in [-0.2, 0) is 0 Å². The molecule has 0 amide bonds. The van der Waals surface area contributed by atoms with E-state index in [-0.39, 0.29) is 12.3 Å². The molecule has 2 rings (SSSR count). The zero-order valence-corrected chi connectivity index (χ0v) is 18.4. The summed E-state index contributed by atoms with van der Waals surface area (Å²) in [6.07, 6.45) is 2.47. The molecular formula is C24H26Cl2N2O. The van der Waals surface area contributed by atoms with Crippen molar-refractivity contribution in [1.29, 1.82) is 0 Å². The first-order valence-electron chi connectivity index (χ1n) is 9.74. The number of carbonyl (C=O) groups is 1. The van der Waals surface area contributed by atoms with Gasteiger partial charge in [-0.05, 0) is 60.4 Å². The molecule has 5 heteroatoms. The van der Waals surface area contributed by atoms with E-state index in [0.29, 0.717) is 22.2 Å². The van der Waals surface area contributed by atoms with Crippen LogP contribution in [0.15, 0.2) is 65.1 Å². The van der Waals surface area contributed by atoms with Crippen LogP contribution in [0.4, 0.5) is 0 Å². The predicted molar refractivity (Wildman–Crippen MR) is 126 cm³/mol. The Morgan fingerprint density at radius 2 is 1.34 bits per heavy atom. The summed E-state index contributed by atoms with van der Waals surface area (Å²) in [6.45, 7) is 8.87. The summed E-state index contributed by atoms with van der Waals surface area (Å²) >= 11 is 11.8. The van der Waals surface area contributed by atoms with Crippen LogP contribution in [0.25, 0.3) is 5.57 Å². The van der Waals surface area contributed by atoms with Gasteiger partial charge >= 0.3 is 0 Å². The van der Waals surface area contributed by atoms with Crippen molar-refractivity contribution in [3.63, 3.8) is 0 Å². The van der Waals surface area contributed by atoms with Gasteiger partial charge in [0, 0.05) is 15.6 Å². The first-order valence-corrected chi connectivity index (χ1v) is 10.5. The fourth-order valence-corrected chi connectivity index (χ4v) is 3.07. The Hall–Kier alpha value is -2.23. The highest BCUT2D eigenvalue weighted by Gasteiger charge is 2.10. The summed E-state index contributed by atoms with van der Waals surface area (Å²) in [6, 6.07) is 14.5. The highest BCUT2D eigenvalue weighted by Crippen LogP contribution is 2.17. The molecule has 0 bridgehead atoms. The molecule has 152 valence electrons. The molecule has 0 fully saturated rings. The lowest BCUT2D eigenvalue weighted by Gasteiger charge is -2.10. The van der Waals surface area contributed by atoms with Crippen molar-refractivity contribution >= 4 is 46.0 Å². The summed E-state index contributed by atoms with van der Waals surface area (Å²) in [4.78, 5) is 21.8. The van der Waals surface area contributed by atoms with Gasteiger partial charge in [-0.25, -0.2) is 0 Å². The van der Waals surface area contributed by atoms with Crippen molar-refractivity contribution in [2.24, 2.45) is 9.98 Å². The number of hydrogen-bond acceptors (Lipinski definition) is 3. The van der Waals surface area contributed by atoms with Crippen molar-refractivity contribution in [3.05, 3.63) is 76.3 Å². The van der Waals surface area contributed by atoms with Crippen molar-refractivity contribution in [1.82, 2.24) is 0 Å². The third kappa shape index (κ3) is 7.26. The van der Waals surface area contributed by atoms with E-state index in [1.807, 2.05) is 24.3 Å². The summed E-state index contributed by atoms with van der Waals surface area (Å²) in [5.74, 6) is -0.0312. The summed E-state index contributed by atoms with van der Waals surface area (Å²) in [7, 11) is 0. The number of rotatable bonds is 10. The lowest BCUT2D eigenvalue weighted by molar-refractivity contribution is 0.100. The summed E-state index contributed by atoms with van der Waals surface area (Å²) in [5.41, 5.74) is 4.35. The zero-order chi connectivity index (χ0) is 21.2. The van der Waals surface area contributed by atoms with E-state index in [2.05, 4.69) is 25.4 Å². The van der Waals surface area contributed by atoms with Gasteiger partial charge in [0.05, 0.1) is 18.0 Å². The fourth-order valence-electron chi connectivity index (χ4n) is 2.82. The van der Waals surface area contributed by atoms with Gasteiger partial charge in [-0.1, -0.05) is 62.2 Å². The topological polar surface area (TPSA) is 41.8 Å². The Morgan fingerprint density at radius 1 is 0.828 bits per heavy atom. The second kappa shape index (κ2) is 11.7. The van der Waals surface area contributed by atoms with Gasteiger partial charge in [-0.3, -0.25) is 14.8 Å². The molecule has 0 heterocycles. The largest absolute Gasteiger partial charge is 0.292 e. The smallest absolute Gasteiger partial charge is 0.184 e. The van der Waals surface area contributed by atoms with Crippen LogP contribution in [0.2, 0.25) is 10.0 Å². The number of Topliss-reactive ketones (excluding diaryl/α,β-unsaturated/α-hetero) is 1. The molecule has 2 aromatic rings. The average molecular weight is 429 g/mol. The van der Waals surface area contributed by atoms with Gasteiger partial charge in [0.15, 0.2) is 5.78 Å². The number of ketones is 1. The minimum atomic E-state index is -0.0312. The molecule has 3 nitrogen and oxygen atoms in total. The molecule has 2 aromatic carbocycles. The number of benzene rings is 2. The third-order valence-electron chi connectivity index (χ3n) is 4.45. The van der Waals surface area contributed by atoms with Gasteiger partial charge in [0.1, 0.15) is 6.54 Å². The second-order valence-corrected chi connectivity index (χ2v) is 7.54. The Kier molecular flexibility index (Phi) is 9.30. The van der Waals surface area contributed by atoms with Crippen LogP contribution in [-0.4, -0.2) is 30.3 Å². The third-order valence-corrected chi connectivity index (χ3v) is 4.95. The average Bonchev–Trinajstić information content (AvgIpc) is 2.72. The van der Waals surface area contributed by atoms with E-state index in [9.17, 15) is 4.79 Å². The number of aliphatic imine (C=N–C) groups is 2. The van der Waals surface area contributed by atoms with Crippen LogP contribution in [0, 0.1) is 0 Å². The normalized spacial score (nSPS) is 12.1. The molecule has 0 spiro atoms. The first-order chi connectivity index (χ1) is 13.9. The molecule has 29 heavy (non-hydrogen) atoms. The van der Waals surface area contributed by atoms with Crippen molar-refractivity contribution in [2.75, 3.05) is 13.1 Å². The molecule has 0 saturated heterocycles. The minimum Gasteiger partial charge on any atom is -0.292 e. The van der Waals surface area contributed by atoms with Crippen LogP contribution in [0.3, 0.4) is 0 Å². The molecule has 0 unspecified atom stereocenters. The Balaban J connectivity index is 2.12. The van der Waals surface area contributed by atoms with Crippen molar-refractivity contribution in [3.8, 4) is 0 Å². The molecule has 0 saturated carbocycles. The summed E-state index contributed by atoms with van der Waals surface area (Å²) < 4.78 is 0. The van der Waals surface area contributed by atoms with E-state index in [4.69, 9.17) is 28.2 Å². The van der Waals surface area contributed by atoms with Gasteiger partial charge in [-0.15, -0.1) is 0 Å². The standard InChI is InChI=1S/C24H26Cl2N2O/c1-4-6-23(28-16-24(29)19-9-13-21(26)14-10-19)22(5-2)27-15-17(3)18-7-11-20(25)12-8-18/h7-14H,3-6,15-16H2,1-2H3/b27-22-,28-23-. The van der Waals surface area contributed by atoms with Crippen molar-refractivity contribution < 1.29 is 4.79 Å². The number of halogens is 2. The molecule has 0 aliphatic rings. The van der Waals surface area contributed by atoms with Gasteiger partial charge in [-0.2, -0.15) is 0 Å². The van der Waals surface area contributed by atoms with Gasteiger partial charge in [0.25, 0.3) is 0 Å². The van der Waals surface area contributed by atoms with Crippen LogP contribution >= 0.6 is 23.2 Å². The Labute approximate surface area is 183 Å². The number of carbonyl (C=O) groups excluding carboxylic acids is 1. The van der Waals surface area contributed by atoms with E-state index in [1.165, 1.54) is 0 Å². The zero-order valence-electron chi connectivity index (χ0n) is 16.9. The van der Waals surface area contributed by atoms with Crippen LogP contribution in [0.1, 0.15) is 49.0 Å². The number of nitrogens with zero attached hydrogens (tertiary/aromatic N) is 2. The molecule has 0 aromatic heterocycles. The highest BCUT2D eigenvalue weighted by molar-refractivity contribution is 6.42. The molecule has 0 radical (unpaired) electrons. The molecular weight excluding hydrogens is 403 g/mol. The van der Waals surface area contributed by atoms with E-state index in [0.717, 1.165) is 41.8 Å². The van der Waals surface area contributed by atoms with E-state index < -0.39 is 0 Å². The monoisotopic (exact) mass is 428 g/mol. The highest BCUT2D eigenvalue weighted by atomic mass is 35.5. The SMILES string of the molecule is C=C(C/N=C(CC)\C(CCC)=N/CC(=O)c1ccc(Cl)cc1)c1ccc(Cl)cc1. The maximum atomic E-state index is 12.4. The van der Waals surface area contributed by atoms with Crippen molar-refractivity contribution in [2.45, 2.75) is 33.1 Å². The number of hydrogen-bond donors (Lipinski definition) is 0. The molecule has 0 atom stereocenters. The fraction of sp³-hybridized carbons (Fsp3) is 0.292. The molecule has 0 N–H and O–H groups in total. The quantitative estimate of drug-likeness (QED) is 0.297. The minimum absolute atomic E-state index is 0.0312. The lowest BCUT2D eigenvalue weighted by Crippen LogP contribution is -2.17. The van der Waals surface area contributed by atoms with Crippen LogP contribution < -0.4 is 0 Å². The lowest BCUT2D eigenvalue weighted by atomic mass is 10.1. The molecule has 0 aliphatic heterocycles. The van der Waals surface area contributed by atoms with Crippen LogP contribution in [0.5, 0.6) is 0 Å². The Bertz CT molecular complexity index is 897. The first kappa shape index (κ1) is 23.1.